The molecule has 26 nitrogen and oxygen atoms in total. The lowest BCUT2D eigenvalue weighted by atomic mass is 9.96. The predicted octanol–water partition coefficient (Wildman–Crippen LogP) is 2.29. The number of rotatable bonds is 24. The summed E-state index contributed by atoms with van der Waals surface area (Å²) in [5, 5.41) is 22.9. The van der Waals surface area contributed by atoms with Crippen molar-refractivity contribution in [2.75, 3.05) is 49.7 Å². The normalized spacial score (nSPS) is 15.2. The van der Waals surface area contributed by atoms with Crippen LogP contribution in [0.15, 0.2) is 48.6 Å². The average molecular weight is 1080 g/mol. The molecule has 9 N–H and O–H groups in total. The third kappa shape index (κ3) is 11.8. The topological polar surface area (TPSA) is 355 Å². The number of nitrogens with one attached hydrogen (secondary N) is 2. The number of carboxylic acid groups (broad SMARTS) is 1. The SMILES string of the molecule is CCn1nc(C)cc1C(=O)Nc1nc2cc(C(N)=O)cc(OC)c2n1C/C=C/Cn1c(NC(=O)c2cc(C)nn2CC)nc2cc(C(N)=O)cc(OCCC3CN(C(=O)CCN4C(=O)CC(SCC(N)C(=O)O)C4=O)C3)c21. The first-order chi connectivity index (χ1) is 36.8. The number of methoxy groups -OCH3 is 1. The Bertz CT molecular complexity index is 3370. The van der Waals surface area contributed by atoms with Crippen LogP contribution in [0.5, 0.6) is 11.5 Å². The number of thioether (sulfide) groups is 1. The minimum Gasteiger partial charge on any atom is -0.494 e. The van der Waals surface area contributed by atoms with Crippen LogP contribution in [0.2, 0.25) is 0 Å². The summed E-state index contributed by atoms with van der Waals surface area (Å²) in [4.78, 5) is 115. The van der Waals surface area contributed by atoms with Gasteiger partial charge in [0.15, 0.2) is 0 Å². The third-order valence-electron chi connectivity index (χ3n) is 13.1. The van der Waals surface area contributed by atoms with Gasteiger partial charge in [-0.15, -0.1) is 11.8 Å². The maximum atomic E-state index is 14.0. The van der Waals surface area contributed by atoms with Crippen LogP contribution in [0.3, 0.4) is 0 Å². The summed E-state index contributed by atoms with van der Waals surface area (Å²) in [6.07, 6.45) is 3.92. The number of imide groups is 1. The van der Waals surface area contributed by atoms with Crippen molar-refractivity contribution in [3.05, 3.63) is 82.5 Å². The number of aryl methyl sites for hydroxylation is 4. The molecule has 2 fully saturated rings. The Labute approximate surface area is 444 Å². The number of hydrogen-bond acceptors (Lipinski definition) is 16. The van der Waals surface area contributed by atoms with Crippen molar-refractivity contribution in [1.82, 2.24) is 48.5 Å². The lowest BCUT2D eigenvalue weighted by Crippen LogP contribution is -2.51. The smallest absolute Gasteiger partial charge is 0.321 e. The highest BCUT2D eigenvalue weighted by molar-refractivity contribution is 8.00. The molecular weight excluding hydrogens is 1020 g/mol. The van der Waals surface area contributed by atoms with Crippen molar-refractivity contribution in [3.8, 4) is 11.5 Å². The van der Waals surface area contributed by atoms with Crippen molar-refractivity contribution >= 4 is 93.0 Å². The minimum atomic E-state index is -1.21. The Morgan fingerprint density at radius 3 is 1.82 bits per heavy atom. The van der Waals surface area contributed by atoms with Gasteiger partial charge in [0.25, 0.3) is 11.8 Å². The number of anilines is 2. The van der Waals surface area contributed by atoms with E-state index in [-0.39, 0.29) is 102 Å². The van der Waals surface area contributed by atoms with Gasteiger partial charge in [0.05, 0.1) is 41.4 Å². The van der Waals surface area contributed by atoms with Crippen LogP contribution in [0, 0.1) is 19.8 Å². The number of hydrogen-bond donors (Lipinski definition) is 6. The van der Waals surface area contributed by atoms with E-state index >= 15 is 0 Å². The van der Waals surface area contributed by atoms with Gasteiger partial charge in [0.1, 0.15) is 40.0 Å². The number of aromatic nitrogens is 8. The van der Waals surface area contributed by atoms with E-state index in [1.807, 2.05) is 13.8 Å². The molecule has 4 aromatic heterocycles. The van der Waals surface area contributed by atoms with E-state index in [0.29, 0.717) is 66.2 Å². The van der Waals surface area contributed by atoms with Gasteiger partial charge in [-0.2, -0.15) is 10.2 Å². The number of carbonyl (C=O) groups excluding carboxylic acids is 7. The number of amides is 7. The zero-order valence-corrected chi connectivity index (χ0v) is 43.8. The fourth-order valence-electron chi connectivity index (χ4n) is 9.15. The number of likely N-dealkylation sites (tertiary alicyclic amines) is 2. The second-order valence-electron chi connectivity index (χ2n) is 18.5. The molecule has 406 valence electrons. The van der Waals surface area contributed by atoms with Gasteiger partial charge in [0, 0.05) is 75.5 Å². The van der Waals surface area contributed by atoms with Crippen molar-refractivity contribution in [2.45, 2.75) is 84.4 Å². The summed E-state index contributed by atoms with van der Waals surface area (Å²) >= 11 is 1.01. The summed E-state index contributed by atoms with van der Waals surface area (Å²) in [6, 6.07) is 8.13. The van der Waals surface area contributed by atoms with Gasteiger partial charge >= 0.3 is 5.97 Å². The van der Waals surface area contributed by atoms with Crippen LogP contribution in [0.25, 0.3) is 22.1 Å². The fourth-order valence-corrected chi connectivity index (χ4v) is 10.3. The standard InChI is InChI=1S/C50H59N15O11S/c1-6-64-34(16-26(3)58-64)45(70)56-49-54-32-18-29(43(52)68)20-36(75-5)41(32)62(49)12-8-9-13-63-42-33(55-50(63)57-46(71)35-17-27(4)59-65(35)7-2)19-30(44(53)69)21-37(42)76-15-11-28-23-60(24-28)39(66)10-14-61-40(67)22-38(47(61)72)77-25-31(51)48(73)74/h8-9,16-21,28,31,38H,6-7,10-15,22-25,51H2,1-5H3,(H2,52,68)(H2,53,69)(H,73,74)(H,54,56,70)(H,55,57,71)/b9-8+. The molecule has 2 aliphatic rings. The molecular formula is C50H59N15O11S. The predicted molar refractivity (Wildman–Crippen MR) is 281 cm³/mol. The second kappa shape index (κ2) is 23.1. The fraction of sp³-hybridized carbons (Fsp3) is 0.400. The van der Waals surface area contributed by atoms with Gasteiger partial charge in [-0.25, -0.2) is 9.97 Å². The number of ether oxygens (including phenoxy) is 2. The molecule has 0 spiro atoms. The van der Waals surface area contributed by atoms with Gasteiger partial charge in [-0.05, 0) is 76.4 Å². The Morgan fingerprint density at radius 1 is 0.805 bits per heavy atom. The molecule has 77 heavy (non-hydrogen) atoms. The van der Waals surface area contributed by atoms with Crippen LogP contribution in [0.4, 0.5) is 11.9 Å². The van der Waals surface area contributed by atoms with E-state index in [1.54, 1.807) is 61.5 Å². The van der Waals surface area contributed by atoms with Gasteiger partial charge in [0.2, 0.25) is 41.4 Å². The molecule has 27 heteroatoms. The number of nitrogens with two attached hydrogens (primary N) is 3. The molecule has 2 unspecified atom stereocenters. The van der Waals surface area contributed by atoms with E-state index in [4.69, 9.17) is 36.8 Å². The highest BCUT2D eigenvalue weighted by atomic mass is 32.2. The number of allylic oxidation sites excluding steroid dienone is 2. The van der Waals surface area contributed by atoms with Crippen molar-refractivity contribution in [2.24, 2.45) is 23.1 Å². The van der Waals surface area contributed by atoms with Gasteiger partial charge in [-0.1, -0.05) is 12.2 Å². The molecule has 0 saturated carbocycles. The molecule has 0 bridgehead atoms. The van der Waals surface area contributed by atoms with Crippen LogP contribution in [-0.2, 0) is 45.4 Å². The first-order valence-corrected chi connectivity index (χ1v) is 25.8. The lowest BCUT2D eigenvalue weighted by molar-refractivity contribution is -0.142. The molecule has 2 saturated heterocycles. The molecule has 7 amide bonds. The first-order valence-electron chi connectivity index (χ1n) is 24.7. The molecule has 2 atom stereocenters. The second-order valence-corrected chi connectivity index (χ2v) is 19.7. The van der Waals surface area contributed by atoms with Gasteiger partial charge < -0.3 is 45.8 Å². The summed E-state index contributed by atoms with van der Waals surface area (Å²) in [5.41, 5.74) is 20.6. The van der Waals surface area contributed by atoms with Crippen molar-refractivity contribution in [1.29, 1.82) is 0 Å². The van der Waals surface area contributed by atoms with E-state index in [9.17, 15) is 38.4 Å². The highest BCUT2D eigenvalue weighted by Crippen LogP contribution is 2.34. The summed E-state index contributed by atoms with van der Waals surface area (Å²) < 4.78 is 18.7. The zero-order chi connectivity index (χ0) is 55.4. The quantitative estimate of drug-likeness (QED) is 0.0374. The Morgan fingerprint density at radius 2 is 1.32 bits per heavy atom. The molecule has 6 heterocycles. The molecule has 2 aromatic carbocycles. The summed E-state index contributed by atoms with van der Waals surface area (Å²) in [5.74, 6) is -4.02. The maximum Gasteiger partial charge on any atom is 0.321 e. The van der Waals surface area contributed by atoms with E-state index < -0.39 is 52.7 Å². The number of imidazole rings is 2. The minimum absolute atomic E-state index is 0.0328. The van der Waals surface area contributed by atoms with Crippen LogP contribution in [0.1, 0.15) is 86.2 Å². The van der Waals surface area contributed by atoms with E-state index in [1.165, 1.54) is 31.4 Å². The summed E-state index contributed by atoms with van der Waals surface area (Å²) in [6.45, 7) is 9.15. The lowest BCUT2D eigenvalue weighted by Gasteiger charge is -2.39. The molecule has 6 aromatic rings. The third-order valence-corrected chi connectivity index (χ3v) is 14.4. The Balaban J connectivity index is 1.02. The Hall–Kier alpha value is -8.59. The zero-order valence-electron chi connectivity index (χ0n) is 43.0. The first kappa shape index (κ1) is 54.7. The number of fused-ring (bicyclic) bond motifs is 2. The average Bonchev–Trinajstić information content (AvgIpc) is 4.19. The number of carbonyl (C=O) groups is 8. The van der Waals surface area contributed by atoms with Crippen molar-refractivity contribution in [3.63, 3.8) is 0 Å². The van der Waals surface area contributed by atoms with Gasteiger partial charge in [-0.3, -0.25) is 63.3 Å². The maximum absolute atomic E-state index is 14.0. The van der Waals surface area contributed by atoms with E-state index in [2.05, 4.69) is 25.8 Å². The highest BCUT2D eigenvalue weighted by Gasteiger charge is 2.40. The molecule has 0 radical (unpaired) electrons. The van der Waals surface area contributed by atoms with E-state index in [0.717, 1.165) is 16.7 Å². The molecule has 0 aliphatic carbocycles. The van der Waals surface area contributed by atoms with Crippen LogP contribution < -0.4 is 37.3 Å². The van der Waals surface area contributed by atoms with Crippen LogP contribution in [-0.4, -0.2) is 151 Å². The monoisotopic (exact) mass is 1080 g/mol. The summed E-state index contributed by atoms with van der Waals surface area (Å²) in [7, 11) is 1.43. The number of carboxylic acids is 1. The Kier molecular flexibility index (Phi) is 16.4. The largest absolute Gasteiger partial charge is 0.494 e. The van der Waals surface area contributed by atoms with Crippen LogP contribution >= 0.6 is 11.8 Å². The number of primary amides is 2. The molecule has 2 aliphatic heterocycles. The molecule has 8 rings (SSSR count). The van der Waals surface area contributed by atoms with Crippen molar-refractivity contribution < 1.29 is 52.9 Å². The number of aliphatic carboxylic acids is 1. The number of nitrogens with zero attached hydrogens (tertiary/aromatic N) is 10. The number of benzene rings is 2.